The van der Waals surface area contributed by atoms with Crippen LogP contribution in [0.4, 0.5) is 13.2 Å². The molecule has 2 amide bonds. The van der Waals surface area contributed by atoms with E-state index in [1.807, 2.05) is 23.9 Å². The lowest BCUT2D eigenvalue weighted by atomic mass is 9.77. The number of hydrogen-bond acceptors (Lipinski definition) is 5. The molecule has 3 aromatic rings. The SMILES string of the molecule is CN(CC(c1ccc(Cl)c(Cl)c1)([C@@H](CO)N1CCC2(CC1)SCc1ccccc12)N(C)C(=O)c1ccccc1)C(=O)CC(F)(F)F.Cl. The number of carbonyl (C=O) groups is 2. The van der Waals surface area contributed by atoms with Gasteiger partial charge in [0.25, 0.3) is 5.91 Å². The van der Waals surface area contributed by atoms with Gasteiger partial charge < -0.3 is 14.9 Å². The first-order valence-electron chi connectivity index (χ1n) is 15.0. The number of nitrogens with zero attached hydrogens (tertiary/aromatic N) is 3. The Bertz CT molecular complexity index is 1570. The number of thioether (sulfide) groups is 1. The molecule has 1 spiro atoms. The van der Waals surface area contributed by atoms with E-state index < -0.39 is 42.6 Å². The summed E-state index contributed by atoms with van der Waals surface area (Å²) in [7, 11) is 2.84. The van der Waals surface area contributed by atoms with Crippen LogP contribution in [0.1, 0.15) is 46.3 Å². The second-order valence-electron chi connectivity index (χ2n) is 12.0. The van der Waals surface area contributed by atoms with Crippen LogP contribution in [0.3, 0.4) is 0 Å². The third-order valence-electron chi connectivity index (χ3n) is 9.38. The second-order valence-corrected chi connectivity index (χ2v) is 14.2. The number of likely N-dealkylation sites (tertiary alicyclic amines) is 1. The Labute approximate surface area is 293 Å². The molecular weight excluding hydrogens is 694 g/mol. The largest absolute Gasteiger partial charge is 0.397 e. The highest BCUT2D eigenvalue weighted by Crippen LogP contribution is 2.54. The highest BCUT2D eigenvalue weighted by Gasteiger charge is 2.52. The number of fused-ring (bicyclic) bond motifs is 2. The van der Waals surface area contributed by atoms with E-state index in [1.165, 1.54) is 23.1 Å². The molecule has 5 rings (SSSR count). The molecule has 0 aromatic heterocycles. The number of aliphatic hydroxyl groups excluding tert-OH is 1. The molecule has 13 heteroatoms. The summed E-state index contributed by atoms with van der Waals surface area (Å²) in [6.07, 6.45) is -4.86. The molecule has 2 heterocycles. The van der Waals surface area contributed by atoms with E-state index in [0.29, 0.717) is 24.2 Å². The maximum absolute atomic E-state index is 14.2. The predicted octanol–water partition coefficient (Wildman–Crippen LogP) is 7.39. The first-order valence-corrected chi connectivity index (χ1v) is 16.7. The molecule has 0 saturated carbocycles. The fourth-order valence-electron chi connectivity index (χ4n) is 6.95. The number of alkyl halides is 3. The summed E-state index contributed by atoms with van der Waals surface area (Å²) in [6.45, 7) is 0.288. The molecule has 1 fully saturated rings. The van der Waals surface area contributed by atoms with Crippen LogP contribution in [0.15, 0.2) is 72.8 Å². The lowest BCUT2D eigenvalue weighted by Crippen LogP contribution is -2.67. The van der Waals surface area contributed by atoms with Gasteiger partial charge in [-0.2, -0.15) is 13.2 Å². The maximum Gasteiger partial charge on any atom is 0.397 e. The lowest BCUT2D eigenvalue weighted by molar-refractivity contribution is -0.162. The molecule has 3 aromatic carbocycles. The molecule has 1 N–H and O–H groups in total. The molecule has 1 unspecified atom stereocenters. The van der Waals surface area contributed by atoms with Crippen LogP contribution >= 0.6 is 47.4 Å². The van der Waals surface area contributed by atoms with E-state index in [4.69, 9.17) is 23.2 Å². The van der Waals surface area contributed by atoms with Crippen molar-refractivity contribution in [2.75, 3.05) is 40.3 Å². The quantitative estimate of drug-likeness (QED) is 0.249. The highest BCUT2D eigenvalue weighted by molar-refractivity contribution is 7.99. The van der Waals surface area contributed by atoms with Crippen molar-refractivity contribution in [1.82, 2.24) is 14.7 Å². The van der Waals surface area contributed by atoms with Gasteiger partial charge in [0.05, 0.1) is 22.7 Å². The van der Waals surface area contributed by atoms with Crippen molar-refractivity contribution < 1.29 is 27.9 Å². The number of likely N-dealkylation sites (N-methyl/N-ethyl adjacent to an activating group) is 2. The molecule has 1 saturated heterocycles. The minimum Gasteiger partial charge on any atom is -0.395 e. The minimum absolute atomic E-state index is 0. The van der Waals surface area contributed by atoms with Crippen LogP contribution in [0.25, 0.3) is 0 Å². The van der Waals surface area contributed by atoms with E-state index in [-0.39, 0.29) is 33.7 Å². The number of benzene rings is 3. The Morgan fingerprint density at radius 2 is 1.62 bits per heavy atom. The topological polar surface area (TPSA) is 64.1 Å². The Morgan fingerprint density at radius 3 is 2.23 bits per heavy atom. The number of amides is 2. The zero-order valence-electron chi connectivity index (χ0n) is 26.0. The van der Waals surface area contributed by atoms with Gasteiger partial charge in [-0.25, -0.2) is 0 Å². The summed E-state index contributed by atoms with van der Waals surface area (Å²) >= 11 is 14.7. The van der Waals surface area contributed by atoms with E-state index in [2.05, 4.69) is 17.0 Å². The van der Waals surface area contributed by atoms with Crippen molar-refractivity contribution in [1.29, 1.82) is 0 Å². The predicted molar refractivity (Wildman–Crippen MR) is 183 cm³/mol. The van der Waals surface area contributed by atoms with Gasteiger partial charge >= 0.3 is 6.18 Å². The van der Waals surface area contributed by atoms with Crippen molar-refractivity contribution in [2.45, 2.75) is 47.5 Å². The number of hydrogen-bond donors (Lipinski definition) is 1. The van der Waals surface area contributed by atoms with Gasteiger partial charge in [-0.05, 0) is 53.8 Å². The summed E-state index contributed by atoms with van der Waals surface area (Å²) in [4.78, 5) is 31.7. The number of halogens is 6. The number of rotatable bonds is 9. The van der Waals surface area contributed by atoms with Gasteiger partial charge in [-0.1, -0.05) is 71.7 Å². The molecule has 0 radical (unpaired) electrons. The van der Waals surface area contributed by atoms with Gasteiger partial charge in [0.2, 0.25) is 5.91 Å². The Hall–Kier alpha value is -2.47. The molecule has 6 nitrogen and oxygen atoms in total. The van der Waals surface area contributed by atoms with Crippen LogP contribution in [-0.2, 0) is 20.8 Å². The van der Waals surface area contributed by atoms with Crippen LogP contribution in [0, 0.1) is 0 Å². The fourth-order valence-corrected chi connectivity index (χ4v) is 8.76. The van der Waals surface area contributed by atoms with Crippen molar-refractivity contribution in [3.8, 4) is 0 Å². The zero-order chi connectivity index (χ0) is 33.3. The van der Waals surface area contributed by atoms with Crippen molar-refractivity contribution in [3.63, 3.8) is 0 Å². The Kier molecular flexibility index (Phi) is 11.9. The average Bonchev–Trinajstić information content (AvgIpc) is 3.39. The zero-order valence-corrected chi connectivity index (χ0v) is 29.1. The van der Waals surface area contributed by atoms with Crippen molar-refractivity contribution in [3.05, 3.63) is 105 Å². The van der Waals surface area contributed by atoms with Crippen LogP contribution < -0.4 is 0 Å². The van der Waals surface area contributed by atoms with Crippen molar-refractivity contribution in [2.24, 2.45) is 0 Å². The molecule has 254 valence electrons. The monoisotopic (exact) mass is 729 g/mol. The molecule has 2 atom stereocenters. The Morgan fingerprint density at radius 1 is 0.979 bits per heavy atom. The summed E-state index contributed by atoms with van der Waals surface area (Å²) in [6, 6.07) is 20.8. The van der Waals surface area contributed by atoms with Crippen molar-refractivity contribution >= 4 is 59.2 Å². The third-order valence-corrected chi connectivity index (χ3v) is 11.8. The summed E-state index contributed by atoms with van der Waals surface area (Å²) < 4.78 is 40.1. The highest BCUT2D eigenvalue weighted by atomic mass is 35.5. The molecule has 2 aliphatic heterocycles. The van der Waals surface area contributed by atoms with Gasteiger partial charge in [-0.3, -0.25) is 14.5 Å². The molecule has 47 heavy (non-hydrogen) atoms. The first kappa shape index (κ1) is 37.4. The number of carbonyl (C=O) groups excluding carboxylic acids is 2. The van der Waals surface area contributed by atoms with Gasteiger partial charge in [0.1, 0.15) is 12.0 Å². The minimum atomic E-state index is -4.73. The maximum atomic E-state index is 14.2. The summed E-state index contributed by atoms with van der Waals surface area (Å²) in [5.74, 6) is -0.686. The third kappa shape index (κ3) is 7.58. The van der Waals surface area contributed by atoms with E-state index in [9.17, 15) is 27.9 Å². The smallest absolute Gasteiger partial charge is 0.395 e. The van der Waals surface area contributed by atoms with E-state index >= 15 is 0 Å². The van der Waals surface area contributed by atoms with E-state index in [1.54, 1.807) is 55.6 Å². The molecule has 0 aliphatic carbocycles. The standard InChI is InChI=1S/C34H36Cl2F3N3O3S.ClH/c1-40(30(44)19-34(37,38)39)22-33(25-12-13-27(35)28(36)18-25,41(2)31(45)23-8-4-3-5-9-23)29(20-43)42-16-14-32(15-17-42)26-11-7-6-10-24(26)21-46-32;/h3-13,18,29,43H,14-17,19-22H2,1-2H3;1H/t29-,33?;/m1./s1. The van der Waals surface area contributed by atoms with Gasteiger partial charge in [0.15, 0.2) is 0 Å². The normalized spacial score (nSPS) is 17.7. The first-order chi connectivity index (χ1) is 21.8. The van der Waals surface area contributed by atoms with Gasteiger partial charge in [-0.15, -0.1) is 24.2 Å². The average molecular weight is 731 g/mol. The molecule has 0 bridgehead atoms. The summed E-state index contributed by atoms with van der Waals surface area (Å²) in [5, 5.41) is 11.6. The van der Waals surface area contributed by atoms with Crippen LogP contribution in [0.5, 0.6) is 0 Å². The van der Waals surface area contributed by atoms with Gasteiger partial charge in [0, 0.05) is 49.8 Å². The second kappa shape index (κ2) is 15.0. The fraction of sp³-hybridized carbons (Fsp3) is 0.412. The lowest BCUT2D eigenvalue weighted by Gasteiger charge is -2.54. The Balaban J connectivity index is 0.00000500. The molecule has 2 aliphatic rings. The number of piperidine rings is 1. The van der Waals surface area contributed by atoms with Crippen LogP contribution in [0.2, 0.25) is 10.0 Å². The molecular formula is C34H37Cl3F3N3O3S. The summed E-state index contributed by atoms with van der Waals surface area (Å²) in [5.41, 5.74) is 1.84. The number of aliphatic hydroxyl groups is 1. The van der Waals surface area contributed by atoms with E-state index in [0.717, 1.165) is 23.5 Å². The van der Waals surface area contributed by atoms with Crippen LogP contribution in [-0.4, -0.2) is 84.2 Å².